The van der Waals surface area contributed by atoms with Crippen LogP contribution < -0.4 is 5.62 Å². The van der Waals surface area contributed by atoms with Crippen LogP contribution >= 0.6 is 0 Å². The van der Waals surface area contributed by atoms with Gasteiger partial charge < -0.3 is 9.47 Å². The van der Waals surface area contributed by atoms with E-state index >= 15 is 0 Å². The summed E-state index contributed by atoms with van der Waals surface area (Å²) in [7, 11) is 2.88. The summed E-state index contributed by atoms with van der Waals surface area (Å²) in [6.07, 6.45) is -0.0477. The Morgan fingerprint density at radius 2 is 2.00 bits per heavy atom. The van der Waals surface area contributed by atoms with Gasteiger partial charge in [0.05, 0.1) is 7.11 Å². The third-order valence-electron chi connectivity index (χ3n) is 3.45. The molecule has 0 spiro atoms. The number of methoxy groups -OCH3 is 1. The van der Waals surface area contributed by atoms with Crippen molar-refractivity contribution < 1.29 is 51.8 Å². The molecular weight excluding hydrogens is 401 g/mol. The number of hydrogen-bond acceptors (Lipinski definition) is 5. The Balaban J connectivity index is 0.00000312. The van der Waals surface area contributed by atoms with Gasteiger partial charge in [0, 0.05) is 39.8 Å². The van der Waals surface area contributed by atoms with E-state index in [9.17, 15) is 9.59 Å². The minimum absolute atomic E-state index is 0. The molecule has 2 rings (SSSR count). The second-order valence-electron chi connectivity index (χ2n) is 5.22. The number of ether oxygens (including phenoxy) is 2. The fraction of sp³-hybridized carbons (Fsp3) is 0.375. The molecule has 1 atom stereocenters. The largest absolute Gasteiger partial charge is 0.509 e. The van der Waals surface area contributed by atoms with E-state index in [4.69, 9.17) is 4.74 Å². The van der Waals surface area contributed by atoms with E-state index in [0.29, 0.717) is 5.56 Å². The molecule has 0 aliphatic rings. The van der Waals surface area contributed by atoms with Crippen molar-refractivity contribution in [3.8, 4) is 0 Å². The number of rotatable bonds is 3. The number of nitrogens with zero attached hydrogens (tertiary/aromatic N) is 4. The summed E-state index contributed by atoms with van der Waals surface area (Å²) < 4.78 is 12.5. The number of aryl methyl sites for hydroxylation is 2. The number of benzene rings is 1. The minimum Gasteiger partial charge on any atom is -0.438 e. The van der Waals surface area contributed by atoms with Crippen LogP contribution in [0.2, 0.25) is 0 Å². The molecule has 1 aromatic heterocycles. The molecule has 25 heavy (non-hydrogen) atoms. The molecule has 2 aromatic rings. The fourth-order valence-corrected chi connectivity index (χ4v) is 2.18. The van der Waals surface area contributed by atoms with Gasteiger partial charge in [0.25, 0.3) is 0 Å². The molecule has 1 unspecified atom stereocenters. The van der Waals surface area contributed by atoms with Crippen molar-refractivity contribution in [3.63, 3.8) is 0 Å². The molecule has 1 amide bonds. The van der Waals surface area contributed by atoms with Gasteiger partial charge in [-0.2, -0.15) is 34.3 Å². The Kier molecular flexibility index (Phi) is 7.70. The van der Waals surface area contributed by atoms with Crippen LogP contribution in [0.3, 0.4) is 0 Å². The Morgan fingerprint density at radius 1 is 1.32 bits per heavy atom. The second-order valence-corrected chi connectivity index (χ2v) is 5.22. The number of amides is 1. The van der Waals surface area contributed by atoms with Crippen molar-refractivity contribution >= 4 is 12.1 Å². The maximum absolute atomic E-state index is 12.3. The molecule has 9 heteroatoms. The number of carbonyl (C=O) groups excluding carboxylic acids is 2. The molecule has 0 aliphatic carbocycles. The predicted molar refractivity (Wildman–Crippen MR) is 84.0 cm³/mol. The zero-order chi connectivity index (χ0) is 17.9. The van der Waals surface area contributed by atoms with Crippen molar-refractivity contribution in [2.75, 3.05) is 7.11 Å². The molecular formula is C16H19N4O4Y-. The van der Waals surface area contributed by atoms with Crippen LogP contribution in [0.5, 0.6) is 0 Å². The quantitative estimate of drug-likeness (QED) is 0.557. The Morgan fingerprint density at radius 3 is 2.60 bits per heavy atom. The molecule has 0 saturated carbocycles. The SMILES string of the molecule is COC(=O)OC(C)n1cnc(=NC(=O)c2ccc(C)[c-]c2C)n1C.[Y]. The first-order valence-corrected chi connectivity index (χ1v) is 7.26. The molecule has 1 aromatic carbocycles. The normalized spacial score (nSPS) is 12.3. The first kappa shape index (κ1) is 21.2. The van der Waals surface area contributed by atoms with Crippen LogP contribution in [0, 0.1) is 19.9 Å². The van der Waals surface area contributed by atoms with Crippen LogP contribution in [-0.2, 0) is 49.2 Å². The molecule has 0 saturated heterocycles. The molecule has 1 heterocycles. The molecule has 8 nitrogen and oxygen atoms in total. The van der Waals surface area contributed by atoms with E-state index in [1.54, 1.807) is 33.0 Å². The smallest absolute Gasteiger partial charge is 0.438 e. The van der Waals surface area contributed by atoms with Crippen molar-refractivity contribution in [1.82, 2.24) is 14.3 Å². The maximum Gasteiger partial charge on any atom is 0.509 e. The van der Waals surface area contributed by atoms with Gasteiger partial charge in [-0.25, -0.2) is 14.5 Å². The van der Waals surface area contributed by atoms with Gasteiger partial charge >= 0.3 is 6.16 Å². The minimum atomic E-state index is -0.809. The summed E-state index contributed by atoms with van der Waals surface area (Å²) in [6, 6.07) is 6.61. The third-order valence-corrected chi connectivity index (χ3v) is 3.45. The van der Waals surface area contributed by atoms with Gasteiger partial charge in [0.1, 0.15) is 6.33 Å². The van der Waals surface area contributed by atoms with E-state index in [-0.39, 0.29) is 38.3 Å². The van der Waals surface area contributed by atoms with Crippen LogP contribution in [0.25, 0.3) is 0 Å². The monoisotopic (exact) mass is 420 g/mol. The van der Waals surface area contributed by atoms with Gasteiger partial charge in [0.15, 0.2) is 6.23 Å². The number of hydrogen-bond donors (Lipinski definition) is 0. The van der Waals surface area contributed by atoms with Crippen molar-refractivity contribution in [3.05, 3.63) is 46.8 Å². The second kappa shape index (κ2) is 9.05. The first-order valence-electron chi connectivity index (χ1n) is 7.26. The summed E-state index contributed by atoms with van der Waals surface area (Å²) in [5, 5.41) is 0. The van der Waals surface area contributed by atoms with E-state index in [1.165, 1.54) is 22.8 Å². The molecule has 0 aliphatic heterocycles. The summed E-state index contributed by atoms with van der Waals surface area (Å²) >= 11 is 0. The van der Waals surface area contributed by atoms with Gasteiger partial charge in [-0.05, 0) is 6.92 Å². The summed E-state index contributed by atoms with van der Waals surface area (Å²) in [5.41, 5.74) is 2.34. The van der Waals surface area contributed by atoms with Crippen LogP contribution in [-0.4, -0.2) is 33.5 Å². The molecule has 1 radical (unpaired) electrons. The molecule has 0 fully saturated rings. The van der Waals surface area contributed by atoms with Gasteiger partial charge in [-0.3, -0.25) is 9.48 Å². The van der Waals surface area contributed by atoms with E-state index in [0.717, 1.165) is 11.1 Å². The Bertz CT molecular complexity index is 841. The zero-order valence-electron chi connectivity index (χ0n) is 14.8. The number of carbonyl (C=O) groups is 2. The summed E-state index contributed by atoms with van der Waals surface area (Å²) in [6.45, 7) is 5.35. The predicted octanol–water partition coefficient (Wildman–Crippen LogP) is 1.68. The molecule has 0 bridgehead atoms. The van der Waals surface area contributed by atoms with Crippen LogP contribution in [0.4, 0.5) is 4.79 Å². The first-order chi connectivity index (χ1) is 11.3. The topological polar surface area (TPSA) is 87.7 Å². The van der Waals surface area contributed by atoms with Crippen LogP contribution in [0.15, 0.2) is 23.5 Å². The fourth-order valence-electron chi connectivity index (χ4n) is 2.18. The van der Waals surface area contributed by atoms with Crippen molar-refractivity contribution in [2.45, 2.75) is 27.0 Å². The Hall–Kier alpha value is -1.80. The van der Waals surface area contributed by atoms with Crippen molar-refractivity contribution in [2.24, 2.45) is 12.0 Å². The van der Waals surface area contributed by atoms with Gasteiger partial charge in [-0.1, -0.05) is 19.4 Å². The van der Waals surface area contributed by atoms with Crippen LogP contribution in [0.1, 0.15) is 34.6 Å². The van der Waals surface area contributed by atoms with Gasteiger partial charge in [0.2, 0.25) is 11.5 Å². The average Bonchev–Trinajstić information content (AvgIpc) is 2.88. The third kappa shape index (κ3) is 5.09. The summed E-state index contributed by atoms with van der Waals surface area (Å²) in [5.74, 6) is -0.411. The molecule has 0 N–H and O–H groups in total. The maximum atomic E-state index is 12.3. The van der Waals surface area contributed by atoms with Gasteiger partial charge in [-0.15, -0.1) is 0 Å². The summed E-state index contributed by atoms with van der Waals surface area (Å²) in [4.78, 5) is 31.6. The Labute approximate surface area is 170 Å². The molecule has 131 valence electrons. The zero-order valence-corrected chi connectivity index (χ0v) is 17.6. The van der Waals surface area contributed by atoms with E-state index in [1.807, 2.05) is 6.92 Å². The van der Waals surface area contributed by atoms with Crippen molar-refractivity contribution in [1.29, 1.82) is 0 Å². The van der Waals surface area contributed by atoms with E-state index < -0.39 is 18.3 Å². The number of aromatic nitrogens is 3. The standard InChI is InChI=1S/C16H19N4O4.Y/c1-10-6-7-13(11(2)8-10)14(21)18-15-17-9-20(19(15)4)12(3)24-16(22)23-5;/h6-7,9,12H,1-5H3;/q-1;. The van der Waals surface area contributed by atoms with E-state index in [2.05, 4.69) is 20.8 Å². The average molecular weight is 420 g/mol.